The van der Waals surface area contributed by atoms with E-state index < -0.39 is 0 Å². The van der Waals surface area contributed by atoms with Gasteiger partial charge in [-0.05, 0) is 50.4 Å². The standard InChI is InChI=1S/C12H18O/c1-2-3-11-4-7-12(10-13,8-5-11)9-6-11/h2,10H,1,3-9H2. The second-order valence-corrected chi connectivity index (χ2v) is 4.97. The molecule has 0 spiro atoms. The number of carbonyl (C=O) groups excluding carboxylic acids is 1. The van der Waals surface area contributed by atoms with Crippen LogP contribution >= 0.6 is 0 Å². The van der Waals surface area contributed by atoms with Gasteiger partial charge in [0.25, 0.3) is 0 Å². The molecule has 1 nitrogen and oxygen atoms in total. The van der Waals surface area contributed by atoms with Gasteiger partial charge in [-0.25, -0.2) is 0 Å². The van der Waals surface area contributed by atoms with Crippen molar-refractivity contribution in [2.75, 3.05) is 0 Å². The molecular weight excluding hydrogens is 160 g/mol. The van der Waals surface area contributed by atoms with Crippen molar-refractivity contribution < 1.29 is 4.79 Å². The van der Waals surface area contributed by atoms with Gasteiger partial charge in [0.1, 0.15) is 6.29 Å². The fourth-order valence-corrected chi connectivity index (χ4v) is 3.08. The first kappa shape index (κ1) is 8.98. The number of hydrogen-bond donors (Lipinski definition) is 0. The van der Waals surface area contributed by atoms with Gasteiger partial charge in [0.15, 0.2) is 0 Å². The maximum absolute atomic E-state index is 11.0. The fourth-order valence-electron chi connectivity index (χ4n) is 3.08. The van der Waals surface area contributed by atoms with Crippen LogP contribution < -0.4 is 0 Å². The molecule has 0 atom stereocenters. The summed E-state index contributed by atoms with van der Waals surface area (Å²) in [5, 5.41) is 0. The van der Waals surface area contributed by atoms with Gasteiger partial charge in [-0.3, -0.25) is 0 Å². The van der Waals surface area contributed by atoms with Crippen molar-refractivity contribution in [3.63, 3.8) is 0 Å². The van der Waals surface area contributed by atoms with Crippen LogP contribution in [0.2, 0.25) is 0 Å². The highest BCUT2D eigenvalue weighted by atomic mass is 16.1. The Labute approximate surface area is 80.2 Å². The summed E-state index contributed by atoms with van der Waals surface area (Å²) in [7, 11) is 0. The van der Waals surface area contributed by atoms with Crippen LogP contribution in [0.15, 0.2) is 12.7 Å². The zero-order chi connectivity index (χ0) is 9.36. The van der Waals surface area contributed by atoms with E-state index in [2.05, 4.69) is 12.7 Å². The first-order chi connectivity index (χ1) is 6.24. The highest BCUT2D eigenvalue weighted by Gasteiger charge is 2.47. The molecule has 3 saturated carbocycles. The van der Waals surface area contributed by atoms with Gasteiger partial charge in [0.2, 0.25) is 0 Å². The molecule has 2 bridgehead atoms. The Hall–Kier alpha value is -0.590. The van der Waals surface area contributed by atoms with Crippen LogP contribution in [0.3, 0.4) is 0 Å². The molecule has 1 heteroatoms. The number of allylic oxidation sites excluding steroid dienone is 1. The summed E-state index contributed by atoms with van der Waals surface area (Å²) in [6, 6.07) is 0. The van der Waals surface area contributed by atoms with Gasteiger partial charge in [0, 0.05) is 5.41 Å². The van der Waals surface area contributed by atoms with Crippen LogP contribution in [-0.4, -0.2) is 6.29 Å². The minimum Gasteiger partial charge on any atom is -0.303 e. The summed E-state index contributed by atoms with van der Waals surface area (Å²) in [4.78, 5) is 11.0. The third-order valence-corrected chi connectivity index (χ3v) is 4.29. The molecule has 0 saturated heterocycles. The average Bonchev–Trinajstić information content (AvgIpc) is 2.21. The second kappa shape index (κ2) is 2.97. The van der Waals surface area contributed by atoms with Crippen LogP contribution in [0.5, 0.6) is 0 Å². The van der Waals surface area contributed by atoms with Gasteiger partial charge in [-0.1, -0.05) is 6.08 Å². The lowest BCUT2D eigenvalue weighted by molar-refractivity contribution is -0.124. The second-order valence-electron chi connectivity index (χ2n) is 4.97. The molecule has 0 N–H and O–H groups in total. The van der Waals surface area contributed by atoms with Crippen molar-refractivity contribution in [1.29, 1.82) is 0 Å². The minimum absolute atomic E-state index is 0.0862. The van der Waals surface area contributed by atoms with Crippen LogP contribution in [0, 0.1) is 10.8 Å². The topological polar surface area (TPSA) is 17.1 Å². The van der Waals surface area contributed by atoms with Gasteiger partial charge in [0.05, 0.1) is 0 Å². The molecule has 0 aromatic rings. The Morgan fingerprint density at radius 1 is 1.08 bits per heavy atom. The lowest BCUT2D eigenvalue weighted by Gasteiger charge is -2.51. The number of hydrogen-bond acceptors (Lipinski definition) is 1. The molecule has 72 valence electrons. The van der Waals surface area contributed by atoms with Crippen molar-refractivity contribution >= 4 is 6.29 Å². The van der Waals surface area contributed by atoms with E-state index >= 15 is 0 Å². The lowest BCUT2D eigenvalue weighted by Crippen LogP contribution is -2.42. The summed E-state index contributed by atoms with van der Waals surface area (Å²) in [6.45, 7) is 3.83. The van der Waals surface area contributed by atoms with Crippen molar-refractivity contribution in [3.05, 3.63) is 12.7 Å². The van der Waals surface area contributed by atoms with Crippen LogP contribution in [0.25, 0.3) is 0 Å². The SMILES string of the molecule is C=CCC12CCC(C=O)(CC1)CC2. The zero-order valence-electron chi connectivity index (χ0n) is 8.22. The van der Waals surface area contributed by atoms with E-state index in [0.29, 0.717) is 5.41 Å². The molecule has 0 aromatic heterocycles. The Morgan fingerprint density at radius 2 is 1.62 bits per heavy atom. The number of rotatable bonds is 3. The largest absolute Gasteiger partial charge is 0.303 e. The van der Waals surface area contributed by atoms with Gasteiger partial charge in [-0.15, -0.1) is 6.58 Å². The molecule has 0 radical (unpaired) electrons. The van der Waals surface area contributed by atoms with E-state index in [0.717, 1.165) is 25.7 Å². The monoisotopic (exact) mass is 178 g/mol. The normalized spacial score (nSPS) is 43.1. The smallest absolute Gasteiger partial charge is 0.126 e. The molecule has 0 amide bonds. The van der Waals surface area contributed by atoms with Crippen LogP contribution in [0.1, 0.15) is 44.9 Å². The lowest BCUT2D eigenvalue weighted by atomic mass is 9.53. The summed E-state index contributed by atoms with van der Waals surface area (Å²) in [5.41, 5.74) is 0.620. The summed E-state index contributed by atoms with van der Waals surface area (Å²) < 4.78 is 0. The average molecular weight is 178 g/mol. The molecule has 0 unspecified atom stereocenters. The van der Waals surface area contributed by atoms with E-state index in [1.54, 1.807) is 0 Å². The first-order valence-electron chi connectivity index (χ1n) is 5.32. The van der Waals surface area contributed by atoms with Crippen molar-refractivity contribution in [3.8, 4) is 0 Å². The number of aldehydes is 1. The molecule has 0 heterocycles. The zero-order valence-corrected chi connectivity index (χ0v) is 8.22. The molecule has 0 aliphatic heterocycles. The summed E-state index contributed by atoms with van der Waals surface area (Å²) in [6.07, 6.45) is 11.6. The highest BCUT2D eigenvalue weighted by Crippen LogP contribution is 2.57. The van der Waals surface area contributed by atoms with E-state index in [-0.39, 0.29) is 5.41 Å². The van der Waals surface area contributed by atoms with Crippen LogP contribution in [0.4, 0.5) is 0 Å². The Bertz CT molecular complexity index is 205. The van der Waals surface area contributed by atoms with E-state index in [9.17, 15) is 4.79 Å². The summed E-state index contributed by atoms with van der Waals surface area (Å²) in [5.74, 6) is 0. The molecule has 3 rings (SSSR count). The third kappa shape index (κ3) is 1.34. The van der Waals surface area contributed by atoms with E-state index in [1.807, 2.05) is 0 Å². The predicted molar refractivity (Wildman–Crippen MR) is 53.4 cm³/mol. The Morgan fingerprint density at radius 3 is 2.00 bits per heavy atom. The Kier molecular flexibility index (Phi) is 2.05. The van der Waals surface area contributed by atoms with E-state index in [4.69, 9.17) is 0 Å². The minimum atomic E-state index is 0.0862. The van der Waals surface area contributed by atoms with Gasteiger partial charge < -0.3 is 4.79 Å². The molecule has 3 aliphatic rings. The predicted octanol–water partition coefficient (Wildman–Crippen LogP) is 3.10. The molecule has 0 aromatic carbocycles. The number of carbonyl (C=O) groups is 1. The molecule has 13 heavy (non-hydrogen) atoms. The van der Waals surface area contributed by atoms with Crippen molar-refractivity contribution in [2.24, 2.45) is 10.8 Å². The first-order valence-corrected chi connectivity index (χ1v) is 5.32. The Balaban J connectivity index is 2.10. The maximum Gasteiger partial charge on any atom is 0.126 e. The van der Waals surface area contributed by atoms with Crippen LogP contribution in [-0.2, 0) is 4.79 Å². The van der Waals surface area contributed by atoms with Gasteiger partial charge in [-0.2, -0.15) is 0 Å². The third-order valence-electron chi connectivity index (χ3n) is 4.29. The van der Waals surface area contributed by atoms with Crippen molar-refractivity contribution in [1.82, 2.24) is 0 Å². The number of fused-ring (bicyclic) bond motifs is 3. The quantitative estimate of drug-likeness (QED) is 0.479. The molecule has 3 fully saturated rings. The van der Waals surface area contributed by atoms with Gasteiger partial charge >= 0.3 is 0 Å². The fraction of sp³-hybridized carbons (Fsp3) is 0.750. The maximum atomic E-state index is 11.0. The molecular formula is C12H18O. The molecule has 3 aliphatic carbocycles. The van der Waals surface area contributed by atoms with E-state index in [1.165, 1.54) is 25.5 Å². The van der Waals surface area contributed by atoms with Crippen molar-refractivity contribution in [2.45, 2.75) is 44.9 Å². The highest BCUT2D eigenvalue weighted by molar-refractivity contribution is 5.60. The summed E-state index contributed by atoms with van der Waals surface area (Å²) >= 11 is 0.